The molecule has 0 bridgehead atoms. The van der Waals surface area contributed by atoms with Crippen LogP contribution in [0.4, 0.5) is 0 Å². The van der Waals surface area contributed by atoms with E-state index in [1.54, 1.807) is 0 Å². The Bertz CT molecular complexity index is 110. The molecule has 0 saturated carbocycles. The highest BCUT2D eigenvalue weighted by molar-refractivity contribution is 4.86. The van der Waals surface area contributed by atoms with Crippen molar-refractivity contribution in [1.82, 2.24) is 0 Å². The van der Waals surface area contributed by atoms with Crippen molar-refractivity contribution in [2.45, 2.75) is 52.1 Å². The zero-order chi connectivity index (χ0) is 8.32. The zero-order valence-corrected chi connectivity index (χ0v) is 8.02. The van der Waals surface area contributed by atoms with Crippen molar-refractivity contribution in [2.75, 3.05) is 6.61 Å². The summed E-state index contributed by atoms with van der Waals surface area (Å²) in [7, 11) is 0. The van der Waals surface area contributed by atoms with Gasteiger partial charge in [0.25, 0.3) is 0 Å². The van der Waals surface area contributed by atoms with Crippen LogP contribution in [0.2, 0.25) is 0 Å². The molecular formula is C10H20O. The van der Waals surface area contributed by atoms with Gasteiger partial charge in [0.15, 0.2) is 0 Å². The molecule has 1 heteroatoms. The summed E-state index contributed by atoms with van der Waals surface area (Å²) in [5, 5.41) is 0. The third kappa shape index (κ3) is 1.76. The van der Waals surface area contributed by atoms with E-state index in [0.717, 1.165) is 12.5 Å². The molecule has 0 radical (unpaired) electrons. The summed E-state index contributed by atoms with van der Waals surface area (Å²) in [5.74, 6) is 0.769. The fourth-order valence-corrected chi connectivity index (χ4v) is 2.27. The molecule has 11 heavy (non-hydrogen) atoms. The van der Waals surface area contributed by atoms with Gasteiger partial charge in [-0.1, -0.05) is 26.7 Å². The standard InChI is InChI=1S/C10H20O/c1-4-9(5-2)10(3)7-6-8-11-10/h9H,4-8H2,1-3H3/t10-/m0/s1. The molecule has 1 nitrogen and oxygen atoms in total. The van der Waals surface area contributed by atoms with E-state index >= 15 is 0 Å². The fourth-order valence-electron chi connectivity index (χ4n) is 2.27. The molecule has 1 aliphatic heterocycles. The van der Waals surface area contributed by atoms with Gasteiger partial charge >= 0.3 is 0 Å². The molecular weight excluding hydrogens is 136 g/mol. The van der Waals surface area contributed by atoms with Crippen LogP contribution < -0.4 is 0 Å². The fraction of sp³-hybridized carbons (Fsp3) is 1.00. The van der Waals surface area contributed by atoms with Gasteiger partial charge in [-0.05, 0) is 25.7 Å². The average molecular weight is 156 g/mol. The minimum atomic E-state index is 0.212. The lowest BCUT2D eigenvalue weighted by Crippen LogP contribution is -2.32. The normalized spacial score (nSPS) is 31.6. The second-order valence-corrected chi connectivity index (χ2v) is 3.78. The molecule has 1 heterocycles. The highest BCUT2D eigenvalue weighted by atomic mass is 16.5. The van der Waals surface area contributed by atoms with Gasteiger partial charge in [-0.25, -0.2) is 0 Å². The van der Waals surface area contributed by atoms with Crippen molar-refractivity contribution >= 4 is 0 Å². The van der Waals surface area contributed by atoms with Gasteiger partial charge in [0, 0.05) is 6.61 Å². The number of ether oxygens (including phenoxy) is 1. The Morgan fingerprint density at radius 1 is 1.36 bits per heavy atom. The van der Waals surface area contributed by atoms with Crippen LogP contribution in [0.5, 0.6) is 0 Å². The molecule has 1 aliphatic rings. The van der Waals surface area contributed by atoms with Crippen molar-refractivity contribution in [3.05, 3.63) is 0 Å². The van der Waals surface area contributed by atoms with E-state index < -0.39 is 0 Å². The van der Waals surface area contributed by atoms with Crippen LogP contribution in [0.1, 0.15) is 46.5 Å². The first-order valence-electron chi connectivity index (χ1n) is 4.87. The summed E-state index contributed by atoms with van der Waals surface area (Å²) in [5.41, 5.74) is 0.212. The largest absolute Gasteiger partial charge is 0.375 e. The van der Waals surface area contributed by atoms with E-state index in [0.29, 0.717) is 0 Å². The lowest BCUT2D eigenvalue weighted by molar-refractivity contribution is -0.0315. The minimum absolute atomic E-state index is 0.212. The molecule has 0 aromatic heterocycles. The second kappa shape index (κ2) is 3.57. The monoisotopic (exact) mass is 156 g/mol. The summed E-state index contributed by atoms with van der Waals surface area (Å²) in [4.78, 5) is 0. The van der Waals surface area contributed by atoms with E-state index in [-0.39, 0.29) is 5.60 Å². The summed E-state index contributed by atoms with van der Waals surface area (Å²) < 4.78 is 5.78. The topological polar surface area (TPSA) is 9.23 Å². The molecule has 0 aliphatic carbocycles. The van der Waals surface area contributed by atoms with Crippen LogP contribution in [0.15, 0.2) is 0 Å². The van der Waals surface area contributed by atoms with Crippen LogP contribution in [0, 0.1) is 5.92 Å². The molecule has 0 aromatic carbocycles. The minimum Gasteiger partial charge on any atom is -0.375 e. The maximum absolute atomic E-state index is 5.78. The predicted octanol–water partition coefficient (Wildman–Crippen LogP) is 2.99. The summed E-state index contributed by atoms with van der Waals surface area (Å²) in [6, 6.07) is 0. The van der Waals surface area contributed by atoms with Crippen molar-refractivity contribution in [3.63, 3.8) is 0 Å². The smallest absolute Gasteiger partial charge is 0.0683 e. The molecule has 0 unspecified atom stereocenters. The van der Waals surface area contributed by atoms with Crippen LogP contribution >= 0.6 is 0 Å². The zero-order valence-electron chi connectivity index (χ0n) is 8.02. The van der Waals surface area contributed by atoms with Crippen molar-refractivity contribution < 1.29 is 4.74 Å². The molecule has 0 amide bonds. The van der Waals surface area contributed by atoms with Crippen LogP contribution in [-0.4, -0.2) is 12.2 Å². The Labute approximate surface area is 70.1 Å². The Balaban J connectivity index is 2.53. The van der Waals surface area contributed by atoms with Crippen molar-refractivity contribution in [2.24, 2.45) is 5.92 Å². The lowest BCUT2D eigenvalue weighted by atomic mass is 9.83. The van der Waals surface area contributed by atoms with E-state index in [2.05, 4.69) is 20.8 Å². The number of hydrogen-bond donors (Lipinski definition) is 0. The molecule has 0 spiro atoms. The van der Waals surface area contributed by atoms with Gasteiger partial charge in [-0.15, -0.1) is 0 Å². The SMILES string of the molecule is CCC(CC)[C@]1(C)CCCO1. The van der Waals surface area contributed by atoms with E-state index in [1.165, 1.54) is 25.7 Å². The van der Waals surface area contributed by atoms with E-state index in [4.69, 9.17) is 4.74 Å². The van der Waals surface area contributed by atoms with Gasteiger partial charge < -0.3 is 4.74 Å². The third-order valence-corrected chi connectivity index (χ3v) is 3.10. The Hall–Kier alpha value is -0.0400. The summed E-state index contributed by atoms with van der Waals surface area (Å²) >= 11 is 0. The molecule has 66 valence electrons. The van der Waals surface area contributed by atoms with Crippen molar-refractivity contribution in [3.8, 4) is 0 Å². The molecule has 0 aromatic rings. The first-order valence-corrected chi connectivity index (χ1v) is 4.87. The van der Waals surface area contributed by atoms with Crippen LogP contribution in [0.25, 0.3) is 0 Å². The maximum atomic E-state index is 5.78. The Morgan fingerprint density at radius 2 is 2.00 bits per heavy atom. The Morgan fingerprint density at radius 3 is 2.36 bits per heavy atom. The third-order valence-electron chi connectivity index (χ3n) is 3.10. The van der Waals surface area contributed by atoms with Crippen LogP contribution in [-0.2, 0) is 4.74 Å². The van der Waals surface area contributed by atoms with Crippen molar-refractivity contribution in [1.29, 1.82) is 0 Å². The lowest BCUT2D eigenvalue weighted by Gasteiger charge is -2.31. The van der Waals surface area contributed by atoms with Gasteiger partial charge in [-0.2, -0.15) is 0 Å². The molecule has 1 rings (SSSR count). The van der Waals surface area contributed by atoms with Gasteiger partial charge in [-0.3, -0.25) is 0 Å². The van der Waals surface area contributed by atoms with Crippen LogP contribution in [0.3, 0.4) is 0 Å². The number of hydrogen-bond acceptors (Lipinski definition) is 1. The Kier molecular flexibility index (Phi) is 2.94. The summed E-state index contributed by atoms with van der Waals surface area (Å²) in [6.07, 6.45) is 5.03. The van der Waals surface area contributed by atoms with Gasteiger partial charge in [0.05, 0.1) is 5.60 Å². The predicted molar refractivity (Wildman–Crippen MR) is 47.7 cm³/mol. The van der Waals surface area contributed by atoms with E-state index in [9.17, 15) is 0 Å². The average Bonchev–Trinajstić information content (AvgIpc) is 2.39. The number of rotatable bonds is 3. The highest BCUT2D eigenvalue weighted by Crippen LogP contribution is 2.36. The quantitative estimate of drug-likeness (QED) is 0.610. The molecule has 1 fully saturated rings. The van der Waals surface area contributed by atoms with Gasteiger partial charge in [0.1, 0.15) is 0 Å². The molecule has 0 N–H and O–H groups in total. The molecule has 1 saturated heterocycles. The summed E-state index contributed by atoms with van der Waals surface area (Å²) in [6.45, 7) is 7.78. The molecule has 1 atom stereocenters. The van der Waals surface area contributed by atoms with E-state index in [1.807, 2.05) is 0 Å². The van der Waals surface area contributed by atoms with Gasteiger partial charge in [0.2, 0.25) is 0 Å². The highest BCUT2D eigenvalue weighted by Gasteiger charge is 2.35. The first kappa shape index (κ1) is 9.05. The second-order valence-electron chi connectivity index (χ2n) is 3.78. The maximum Gasteiger partial charge on any atom is 0.0683 e. The first-order chi connectivity index (χ1) is 5.23.